The lowest BCUT2D eigenvalue weighted by Crippen LogP contribution is -2.40. The molecule has 1 aromatic carbocycles. The van der Waals surface area contributed by atoms with Crippen LogP contribution in [-0.4, -0.2) is 28.9 Å². The van der Waals surface area contributed by atoms with Gasteiger partial charge in [0.25, 0.3) is 9.70 Å². The Kier molecular flexibility index (Phi) is 6.26. The van der Waals surface area contributed by atoms with E-state index < -0.39 is 27.9 Å². The lowest BCUT2D eigenvalue weighted by molar-refractivity contribution is -0.151. The van der Waals surface area contributed by atoms with Crippen molar-refractivity contribution in [1.82, 2.24) is 5.32 Å². The topological polar surface area (TPSA) is 81.7 Å². The van der Waals surface area contributed by atoms with E-state index in [0.29, 0.717) is 5.56 Å². The largest absolute Gasteiger partial charge is 0.466 e. The van der Waals surface area contributed by atoms with E-state index in [1.807, 2.05) is 0 Å². The first-order valence-electron chi connectivity index (χ1n) is 5.47. The summed E-state index contributed by atoms with van der Waals surface area (Å²) in [6.07, 6.45) is -2.59. The number of ether oxygens (including phenoxy) is 2. The molecule has 0 spiro atoms. The van der Waals surface area contributed by atoms with Gasteiger partial charge in [-0.25, -0.2) is 9.59 Å². The molecule has 1 atom stereocenters. The fourth-order valence-corrected chi connectivity index (χ4v) is 1.43. The summed E-state index contributed by atoms with van der Waals surface area (Å²) >= 11 is 15.9. The highest BCUT2D eigenvalue weighted by molar-refractivity contribution is 6.76. The first kappa shape index (κ1) is 17.6. The van der Waals surface area contributed by atoms with Crippen molar-refractivity contribution in [1.29, 1.82) is 0 Å². The van der Waals surface area contributed by atoms with Crippen LogP contribution >= 0.6 is 34.8 Å². The Balaban J connectivity index is 2.81. The Hall–Kier alpha value is -1.50. The van der Waals surface area contributed by atoms with Crippen LogP contribution in [0.25, 0.3) is 0 Å². The average molecular weight is 355 g/mol. The number of hydrogen-bond acceptors (Lipinski definition) is 5. The lowest BCUT2D eigenvalue weighted by Gasteiger charge is -2.17. The van der Waals surface area contributed by atoms with Crippen LogP contribution in [0.2, 0.25) is 0 Å². The van der Waals surface area contributed by atoms with E-state index in [0.717, 1.165) is 7.11 Å². The number of carbonyl (C=O) groups excluding carboxylic acids is 3. The Morgan fingerprint density at radius 2 is 1.71 bits per heavy atom. The van der Waals surface area contributed by atoms with Crippen molar-refractivity contribution in [2.45, 2.75) is 9.90 Å². The summed E-state index contributed by atoms with van der Waals surface area (Å²) in [5.74, 6) is -2.02. The summed E-state index contributed by atoms with van der Waals surface area (Å²) in [5, 5.41) is 1.70. The van der Waals surface area contributed by atoms with Crippen molar-refractivity contribution in [2.75, 3.05) is 7.11 Å². The van der Waals surface area contributed by atoms with Crippen molar-refractivity contribution in [3.63, 3.8) is 0 Å². The number of nitrogens with one attached hydrogen (secondary N) is 1. The third-order valence-electron chi connectivity index (χ3n) is 2.22. The predicted molar refractivity (Wildman–Crippen MR) is 76.1 cm³/mol. The van der Waals surface area contributed by atoms with E-state index in [1.165, 1.54) is 0 Å². The number of methoxy groups -OCH3 is 1. The van der Waals surface area contributed by atoms with Crippen LogP contribution in [0, 0.1) is 0 Å². The minimum Gasteiger partial charge on any atom is -0.466 e. The van der Waals surface area contributed by atoms with Crippen LogP contribution in [0.1, 0.15) is 11.7 Å². The second-order valence-electron chi connectivity index (χ2n) is 3.67. The smallest absolute Gasteiger partial charge is 0.415 e. The lowest BCUT2D eigenvalue weighted by atomic mass is 10.1. The molecular formula is C12H10Cl3NO5. The first-order chi connectivity index (χ1) is 9.75. The molecule has 0 aliphatic heterocycles. The maximum atomic E-state index is 11.6. The van der Waals surface area contributed by atoms with E-state index in [1.54, 1.807) is 35.6 Å². The van der Waals surface area contributed by atoms with Gasteiger partial charge in [-0.3, -0.25) is 10.1 Å². The third kappa shape index (κ3) is 5.41. The van der Waals surface area contributed by atoms with Crippen LogP contribution < -0.4 is 5.32 Å². The van der Waals surface area contributed by atoms with Crippen LogP contribution in [-0.2, 0) is 19.1 Å². The van der Waals surface area contributed by atoms with Crippen LogP contribution in [0.3, 0.4) is 0 Å². The minimum absolute atomic E-state index is 0.362. The van der Waals surface area contributed by atoms with Gasteiger partial charge < -0.3 is 9.47 Å². The van der Waals surface area contributed by atoms with Crippen molar-refractivity contribution < 1.29 is 23.9 Å². The highest BCUT2D eigenvalue weighted by Crippen LogP contribution is 2.26. The number of imide groups is 1. The summed E-state index contributed by atoms with van der Waals surface area (Å²) in [6, 6.07) is 8.08. The van der Waals surface area contributed by atoms with E-state index in [-0.39, 0.29) is 0 Å². The molecule has 0 saturated carbocycles. The number of carbonyl (C=O) groups is 3. The third-order valence-corrected chi connectivity index (χ3v) is 2.73. The van der Waals surface area contributed by atoms with Gasteiger partial charge in [0.1, 0.15) is 0 Å². The fourth-order valence-electron chi connectivity index (χ4n) is 1.29. The minimum atomic E-state index is -2.33. The number of hydrogen-bond donors (Lipinski definition) is 1. The molecule has 0 radical (unpaired) electrons. The van der Waals surface area contributed by atoms with Gasteiger partial charge in [-0.05, 0) is 0 Å². The number of halogens is 3. The van der Waals surface area contributed by atoms with Crippen molar-refractivity contribution in [2.24, 2.45) is 0 Å². The van der Waals surface area contributed by atoms with Crippen LogP contribution in [0.4, 0.5) is 4.79 Å². The Morgan fingerprint density at radius 3 is 2.19 bits per heavy atom. The highest BCUT2D eigenvalue weighted by atomic mass is 35.6. The quantitative estimate of drug-likeness (QED) is 0.666. The molecule has 1 aromatic rings. The molecule has 0 saturated heterocycles. The number of rotatable bonds is 3. The molecule has 2 amide bonds. The zero-order valence-corrected chi connectivity index (χ0v) is 12.9. The SMILES string of the molecule is COC(=O)C(OC(=O)NC(=O)C(Cl)(Cl)Cl)c1ccccc1. The van der Waals surface area contributed by atoms with E-state index in [2.05, 4.69) is 4.74 Å². The highest BCUT2D eigenvalue weighted by Gasteiger charge is 2.34. The maximum Gasteiger partial charge on any atom is 0.415 e. The molecular weight excluding hydrogens is 344 g/mol. The molecule has 0 aliphatic carbocycles. The van der Waals surface area contributed by atoms with Crippen molar-refractivity contribution in [3.05, 3.63) is 35.9 Å². The van der Waals surface area contributed by atoms with E-state index in [9.17, 15) is 14.4 Å². The van der Waals surface area contributed by atoms with Gasteiger partial charge in [-0.1, -0.05) is 65.1 Å². The predicted octanol–water partition coefficient (Wildman–Crippen LogP) is 2.52. The van der Waals surface area contributed by atoms with Crippen molar-refractivity contribution in [3.8, 4) is 0 Å². The summed E-state index contributed by atoms with van der Waals surface area (Å²) in [7, 11) is 1.13. The average Bonchev–Trinajstić information content (AvgIpc) is 2.43. The molecule has 0 aromatic heterocycles. The Labute approximate surface area is 135 Å². The van der Waals surface area contributed by atoms with Gasteiger partial charge in [0.05, 0.1) is 7.11 Å². The number of esters is 1. The molecule has 9 heteroatoms. The normalized spacial score (nSPS) is 12.2. The number of alkyl carbamates (subject to hydrolysis) is 1. The van der Waals surface area contributed by atoms with Crippen LogP contribution in [0.5, 0.6) is 0 Å². The number of amides is 2. The van der Waals surface area contributed by atoms with Gasteiger partial charge >= 0.3 is 12.1 Å². The molecule has 0 bridgehead atoms. The second-order valence-corrected chi connectivity index (χ2v) is 5.95. The first-order valence-corrected chi connectivity index (χ1v) is 6.60. The Morgan fingerprint density at radius 1 is 1.14 bits per heavy atom. The van der Waals surface area contributed by atoms with E-state index >= 15 is 0 Å². The van der Waals surface area contributed by atoms with Gasteiger partial charge in [-0.15, -0.1) is 0 Å². The number of benzene rings is 1. The molecule has 0 heterocycles. The molecule has 1 unspecified atom stereocenters. The second kappa shape index (κ2) is 7.49. The van der Waals surface area contributed by atoms with Gasteiger partial charge in [0.2, 0.25) is 6.10 Å². The van der Waals surface area contributed by atoms with E-state index in [4.69, 9.17) is 39.5 Å². The monoisotopic (exact) mass is 353 g/mol. The standard InChI is InChI=1S/C12H10Cl3NO5/c1-20-9(17)8(7-5-3-2-4-6-7)21-11(19)16-10(18)12(13,14)15/h2-6,8H,1H3,(H,16,18,19). The maximum absolute atomic E-state index is 11.6. The molecule has 1 rings (SSSR count). The molecule has 114 valence electrons. The van der Waals surface area contributed by atoms with Crippen molar-refractivity contribution >= 4 is 52.8 Å². The zero-order chi connectivity index (χ0) is 16.0. The number of alkyl halides is 3. The van der Waals surface area contributed by atoms with Gasteiger partial charge in [-0.2, -0.15) is 0 Å². The summed E-state index contributed by atoms with van der Waals surface area (Å²) in [6.45, 7) is 0. The molecule has 1 N–H and O–H groups in total. The fraction of sp³-hybridized carbons (Fsp3) is 0.250. The molecule has 0 aliphatic rings. The van der Waals surface area contributed by atoms with Gasteiger partial charge in [0, 0.05) is 5.56 Å². The summed E-state index contributed by atoms with van der Waals surface area (Å²) in [4.78, 5) is 34.5. The Bertz CT molecular complexity index is 529. The van der Waals surface area contributed by atoms with Gasteiger partial charge in [0.15, 0.2) is 0 Å². The summed E-state index contributed by atoms with van der Waals surface area (Å²) < 4.78 is 7.04. The molecule has 6 nitrogen and oxygen atoms in total. The summed E-state index contributed by atoms with van der Waals surface area (Å²) in [5.41, 5.74) is 0.362. The zero-order valence-electron chi connectivity index (χ0n) is 10.6. The van der Waals surface area contributed by atoms with Crippen LogP contribution in [0.15, 0.2) is 30.3 Å². The molecule has 21 heavy (non-hydrogen) atoms. The molecule has 0 fully saturated rings.